The van der Waals surface area contributed by atoms with Crippen LogP contribution < -0.4 is 0 Å². The smallest absolute Gasteiger partial charge is 0.461 e. The summed E-state index contributed by atoms with van der Waals surface area (Å²) < 4.78 is 15.5. The molecule has 142 valence electrons. The minimum Gasteiger partial charge on any atom is -0.461 e. The molecular formula is C20H20O6S. The van der Waals surface area contributed by atoms with Crippen LogP contribution in [0.2, 0.25) is 0 Å². The fraction of sp³-hybridized carbons (Fsp3) is 0.300. The highest BCUT2D eigenvalue weighted by Crippen LogP contribution is 2.34. The average molecular weight is 388 g/mol. The van der Waals surface area contributed by atoms with Gasteiger partial charge in [0.05, 0.1) is 5.56 Å². The van der Waals surface area contributed by atoms with Crippen LogP contribution in [0.25, 0.3) is 0 Å². The van der Waals surface area contributed by atoms with Crippen molar-refractivity contribution in [2.45, 2.75) is 29.8 Å². The van der Waals surface area contributed by atoms with Crippen LogP contribution in [0.1, 0.15) is 22.3 Å². The predicted molar refractivity (Wildman–Crippen MR) is 100 cm³/mol. The normalized spacial score (nSPS) is 21.4. The van der Waals surface area contributed by atoms with E-state index >= 15 is 0 Å². The van der Waals surface area contributed by atoms with Gasteiger partial charge in [-0.3, -0.25) is 0 Å². The van der Waals surface area contributed by atoms with Crippen molar-refractivity contribution in [3.63, 3.8) is 0 Å². The van der Waals surface area contributed by atoms with Gasteiger partial charge in [-0.15, -0.1) is 11.8 Å². The molecule has 0 aromatic heterocycles. The van der Waals surface area contributed by atoms with Crippen LogP contribution in [-0.4, -0.2) is 40.6 Å². The van der Waals surface area contributed by atoms with Crippen molar-refractivity contribution in [3.8, 4) is 0 Å². The lowest BCUT2D eigenvalue weighted by Crippen LogP contribution is -2.25. The summed E-state index contributed by atoms with van der Waals surface area (Å²) in [4.78, 5) is 23.8. The fourth-order valence-corrected chi connectivity index (χ4v) is 3.81. The number of thioether (sulfide) groups is 1. The van der Waals surface area contributed by atoms with Crippen LogP contribution in [0.3, 0.4) is 0 Å². The first-order valence-electron chi connectivity index (χ1n) is 8.55. The van der Waals surface area contributed by atoms with Crippen molar-refractivity contribution in [1.82, 2.24) is 0 Å². The van der Waals surface area contributed by atoms with Crippen LogP contribution in [-0.2, 0) is 20.8 Å². The molecule has 2 aromatic rings. The molecule has 3 atom stereocenters. The minimum atomic E-state index is -0.880. The van der Waals surface area contributed by atoms with E-state index in [-0.39, 0.29) is 18.5 Å². The van der Waals surface area contributed by atoms with E-state index in [1.807, 2.05) is 36.4 Å². The zero-order valence-corrected chi connectivity index (χ0v) is 15.3. The molecule has 0 amide bonds. The minimum absolute atomic E-state index is 0.105. The van der Waals surface area contributed by atoms with Crippen LogP contribution >= 0.6 is 11.8 Å². The number of hydrogen-bond acceptors (Lipinski definition) is 7. The molecule has 27 heavy (non-hydrogen) atoms. The van der Waals surface area contributed by atoms with Crippen LogP contribution in [0.4, 0.5) is 4.79 Å². The molecular weight excluding hydrogens is 368 g/mol. The van der Waals surface area contributed by atoms with E-state index in [2.05, 4.69) is 0 Å². The largest absolute Gasteiger partial charge is 0.509 e. The van der Waals surface area contributed by atoms with Crippen LogP contribution in [0.15, 0.2) is 60.7 Å². The zero-order chi connectivity index (χ0) is 19.1. The number of aliphatic hydroxyl groups is 1. The van der Waals surface area contributed by atoms with Gasteiger partial charge in [0.25, 0.3) is 0 Å². The van der Waals surface area contributed by atoms with Crippen LogP contribution in [0.5, 0.6) is 0 Å². The topological polar surface area (TPSA) is 82.1 Å². The molecule has 1 N–H and O–H groups in total. The van der Waals surface area contributed by atoms with E-state index in [0.717, 1.165) is 5.56 Å². The number of hydrogen-bond donors (Lipinski definition) is 1. The van der Waals surface area contributed by atoms with Crippen molar-refractivity contribution in [2.75, 3.05) is 6.61 Å². The fourth-order valence-electron chi connectivity index (χ4n) is 2.63. The second-order valence-electron chi connectivity index (χ2n) is 6.03. The number of aliphatic hydroxyl groups excluding tert-OH is 1. The van der Waals surface area contributed by atoms with Gasteiger partial charge >= 0.3 is 12.1 Å². The predicted octanol–water partition coefficient (Wildman–Crippen LogP) is 3.39. The Balaban J connectivity index is 1.41. The molecule has 0 radical (unpaired) electrons. The highest BCUT2D eigenvalue weighted by atomic mass is 32.2. The van der Waals surface area contributed by atoms with E-state index in [4.69, 9.17) is 14.2 Å². The number of carbonyl (C=O) groups excluding carboxylic acids is 2. The highest BCUT2D eigenvalue weighted by molar-refractivity contribution is 8.00. The molecule has 1 aliphatic rings. The molecule has 2 aromatic carbocycles. The first kappa shape index (κ1) is 19.3. The first-order valence-corrected chi connectivity index (χ1v) is 9.49. The van der Waals surface area contributed by atoms with Gasteiger partial charge in [-0.25, -0.2) is 9.59 Å². The highest BCUT2D eigenvalue weighted by Gasteiger charge is 2.37. The van der Waals surface area contributed by atoms with Crippen LogP contribution in [0, 0.1) is 0 Å². The molecule has 7 heteroatoms. The molecule has 1 fully saturated rings. The van der Waals surface area contributed by atoms with Gasteiger partial charge in [-0.05, 0) is 17.7 Å². The Morgan fingerprint density at radius 1 is 1.00 bits per heavy atom. The van der Waals surface area contributed by atoms with E-state index in [0.29, 0.717) is 12.0 Å². The molecule has 0 bridgehead atoms. The van der Waals surface area contributed by atoms with Gasteiger partial charge in [-0.2, -0.15) is 0 Å². The van der Waals surface area contributed by atoms with Crippen molar-refractivity contribution in [2.24, 2.45) is 0 Å². The summed E-state index contributed by atoms with van der Waals surface area (Å²) in [7, 11) is 0. The lowest BCUT2D eigenvalue weighted by atomic mass is 10.2. The summed E-state index contributed by atoms with van der Waals surface area (Å²) in [5, 5.41) is 9.91. The number of carbonyl (C=O) groups is 2. The first-order chi connectivity index (χ1) is 13.1. The number of benzene rings is 2. The Morgan fingerprint density at radius 3 is 2.37 bits per heavy atom. The van der Waals surface area contributed by atoms with E-state index in [1.165, 1.54) is 11.8 Å². The molecule has 0 saturated carbocycles. The van der Waals surface area contributed by atoms with E-state index in [1.54, 1.807) is 24.3 Å². The third-order valence-corrected chi connectivity index (χ3v) is 5.30. The summed E-state index contributed by atoms with van der Waals surface area (Å²) in [6.45, 7) is 0.238. The SMILES string of the molecule is O=C(OCc1ccccc1)O[C@H]1C[C@H](COC(=O)c2ccccc2)SC1O. The third-order valence-electron chi connectivity index (χ3n) is 4.00. The second-order valence-corrected chi connectivity index (χ2v) is 7.45. The molecule has 1 aliphatic heterocycles. The van der Waals surface area contributed by atoms with Gasteiger partial charge < -0.3 is 19.3 Å². The summed E-state index contributed by atoms with van der Waals surface area (Å²) >= 11 is 1.21. The Hall–Kier alpha value is -2.51. The van der Waals surface area contributed by atoms with E-state index < -0.39 is 23.7 Å². The molecule has 0 aliphatic carbocycles. The Bertz CT molecular complexity index is 752. The molecule has 1 unspecified atom stereocenters. The summed E-state index contributed by atoms with van der Waals surface area (Å²) in [5.74, 6) is -0.419. The van der Waals surface area contributed by atoms with Crippen molar-refractivity contribution >= 4 is 23.9 Å². The standard InChI is InChI=1S/C20H20O6S/c21-18(15-9-5-2-6-10-15)24-13-16-11-17(19(22)27-16)26-20(23)25-12-14-7-3-1-4-8-14/h1-10,16-17,19,22H,11-13H2/t16-,17+,19?/m1/s1. The number of esters is 1. The Labute approximate surface area is 161 Å². The van der Waals surface area contributed by atoms with Crippen molar-refractivity contribution in [3.05, 3.63) is 71.8 Å². The average Bonchev–Trinajstić information content (AvgIpc) is 3.05. The second kappa shape index (κ2) is 9.43. The third kappa shape index (κ3) is 5.74. The maximum absolute atomic E-state index is 12.0. The maximum atomic E-state index is 12.0. The van der Waals surface area contributed by atoms with Crippen molar-refractivity contribution in [1.29, 1.82) is 0 Å². The van der Waals surface area contributed by atoms with Gasteiger partial charge in [0, 0.05) is 11.7 Å². The molecule has 3 rings (SSSR count). The monoisotopic (exact) mass is 388 g/mol. The number of rotatable bonds is 6. The molecule has 1 heterocycles. The van der Waals surface area contributed by atoms with E-state index in [9.17, 15) is 14.7 Å². The molecule has 0 spiro atoms. The van der Waals surface area contributed by atoms with Gasteiger partial charge in [0.15, 0.2) is 0 Å². The van der Waals surface area contributed by atoms with Gasteiger partial charge in [0.2, 0.25) is 0 Å². The molecule has 6 nitrogen and oxygen atoms in total. The zero-order valence-electron chi connectivity index (χ0n) is 14.5. The summed E-state index contributed by atoms with van der Waals surface area (Å²) in [5.41, 5.74) is 0.439. The lowest BCUT2D eigenvalue weighted by molar-refractivity contribution is -0.00872. The van der Waals surface area contributed by atoms with Gasteiger partial charge in [0.1, 0.15) is 24.8 Å². The number of ether oxygens (including phenoxy) is 3. The Morgan fingerprint density at radius 2 is 1.67 bits per heavy atom. The maximum Gasteiger partial charge on any atom is 0.509 e. The summed E-state index contributed by atoms with van der Waals surface area (Å²) in [6, 6.07) is 17.9. The Kier molecular flexibility index (Phi) is 6.73. The van der Waals surface area contributed by atoms with Gasteiger partial charge in [-0.1, -0.05) is 48.5 Å². The quantitative estimate of drug-likeness (QED) is 0.760. The van der Waals surface area contributed by atoms with Crippen molar-refractivity contribution < 1.29 is 28.9 Å². The summed E-state index contributed by atoms with van der Waals surface area (Å²) in [6.07, 6.45) is -1.14. The molecule has 1 saturated heterocycles. The lowest BCUT2D eigenvalue weighted by Gasteiger charge is -2.14.